The Hall–Kier alpha value is -0.380. The zero-order valence-corrected chi connectivity index (χ0v) is 13.4. The van der Waals surface area contributed by atoms with Gasteiger partial charge in [0.25, 0.3) is 0 Å². The third kappa shape index (κ3) is 4.30. The Bertz CT molecular complexity index is 359. The highest BCUT2D eigenvalue weighted by molar-refractivity contribution is 7.09. The SMILES string of the molecule is CNCC1(CN(C)Cc2cccs2)CCCC(C)C1. The zero-order chi connectivity index (χ0) is 13.7. The van der Waals surface area contributed by atoms with Crippen molar-refractivity contribution in [3.05, 3.63) is 22.4 Å². The van der Waals surface area contributed by atoms with Crippen LogP contribution in [0.1, 0.15) is 37.5 Å². The molecule has 2 atom stereocenters. The molecule has 0 aromatic carbocycles. The summed E-state index contributed by atoms with van der Waals surface area (Å²) in [5.41, 5.74) is 0.485. The van der Waals surface area contributed by atoms with E-state index in [0.717, 1.165) is 19.0 Å². The number of hydrogen-bond donors (Lipinski definition) is 1. The molecule has 108 valence electrons. The minimum Gasteiger partial charge on any atom is -0.319 e. The second kappa shape index (κ2) is 6.87. The molecule has 0 radical (unpaired) electrons. The third-order valence-electron chi connectivity index (χ3n) is 4.35. The number of nitrogens with one attached hydrogen (secondary N) is 1. The van der Waals surface area contributed by atoms with Gasteiger partial charge in [0.05, 0.1) is 0 Å². The van der Waals surface area contributed by atoms with E-state index < -0.39 is 0 Å². The predicted molar refractivity (Wildman–Crippen MR) is 84.6 cm³/mol. The molecule has 1 N–H and O–H groups in total. The van der Waals surface area contributed by atoms with Crippen molar-refractivity contribution in [1.82, 2.24) is 10.2 Å². The molecule has 1 fully saturated rings. The van der Waals surface area contributed by atoms with Gasteiger partial charge in [-0.05, 0) is 49.7 Å². The van der Waals surface area contributed by atoms with Gasteiger partial charge in [0, 0.05) is 24.5 Å². The minimum atomic E-state index is 0.485. The second-order valence-corrected chi connectivity index (χ2v) is 7.52. The first-order valence-electron chi connectivity index (χ1n) is 7.49. The molecular formula is C16H28N2S. The summed E-state index contributed by atoms with van der Waals surface area (Å²) in [6.07, 6.45) is 5.57. The molecule has 0 bridgehead atoms. The normalized spacial score (nSPS) is 27.9. The van der Waals surface area contributed by atoms with Gasteiger partial charge in [-0.15, -0.1) is 11.3 Å². The van der Waals surface area contributed by atoms with E-state index in [0.29, 0.717) is 5.41 Å². The zero-order valence-electron chi connectivity index (χ0n) is 12.6. The van der Waals surface area contributed by atoms with Crippen LogP contribution in [0, 0.1) is 11.3 Å². The van der Waals surface area contributed by atoms with Crippen LogP contribution in [0.25, 0.3) is 0 Å². The van der Waals surface area contributed by atoms with Crippen molar-refractivity contribution in [2.24, 2.45) is 11.3 Å². The van der Waals surface area contributed by atoms with Gasteiger partial charge in [-0.1, -0.05) is 25.8 Å². The summed E-state index contributed by atoms with van der Waals surface area (Å²) < 4.78 is 0. The summed E-state index contributed by atoms with van der Waals surface area (Å²) in [7, 11) is 4.37. The first-order valence-corrected chi connectivity index (χ1v) is 8.37. The molecule has 0 aliphatic heterocycles. The van der Waals surface area contributed by atoms with Crippen molar-refractivity contribution >= 4 is 11.3 Å². The van der Waals surface area contributed by atoms with Crippen molar-refractivity contribution in [3.63, 3.8) is 0 Å². The van der Waals surface area contributed by atoms with Crippen molar-refractivity contribution in [1.29, 1.82) is 0 Å². The summed E-state index contributed by atoms with van der Waals surface area (Å²) in [4.78, 5) is 3.99. The maximum absolute atomic E-state index is 3.44. The first kappa shape index (κ1) is 15.0. The fourth-order valence-electron chi connectivity index (χ4n) is 3.80. The lowest BCUT2D eigenvalue weighted by atomic mass is 9.69. The van der Waals surface area contributed by atoms with Crippen molar-refractivity contribution in [3.8, 4) is 0 Å². The fraction of sp³-hybridized carbons (Fsp3) is 0.750. The van der Waals surface area contributed by atoms with Crippen molar-refractivity contribution < 1.29 is 0 Å². The van der Waals surface area contributed by atoms with Crippen LogP contribution < -0.4 is 5.32 Å². The highest BCUT2D eigenvalue weighted by Gasteiger charge is 2.35. The predicted octanol–water partition coefficient (Wildman–Crippen LogP) is 3.60. The van der Waals surface area contributed by atoms with Gasteiger partial charge in [-0.3, -0.25) is 0 Å². The molecule has 0 spiro atoms. The Morgan fingerprint density at radius 3 is 3.00 bits per heavy atom. The third-order valence-corrected chi connectivity index (χ3v) is 5.21. The topological polar surface area (TPSA) is 15.3 Å². The first-order chi connectivity index (χ1) is 9.13. The molecule has 0 saturated heterocycles. The van der Waals surface area contributed by atoms with E-state index in [9.17, 15) is 0 Å². The summed E-state index contributed by atoms with van der Waals surface area (Å²) >= 11 is 1.87. The lowest BCUT2D eigenvalue weighted by Crippen LogP contribution is -2.44. The largest absolute Gasteiger partial charge is 0.319 e. The van der Waals surface area contributed by atoms with Gasteiger partial charge in [-0.2, -0.15) is 0 Å². The van der Waals surface area contributed by atoms with Crippen LogP contribution in [-0.4, -0.2) is 32.1 Å². The molecule has 1 aliphatic rings. The lowest BCUT2D eigenvalue weighted by molar-refractivity contribution is 0.0914. The van der Waals surface area contributed by atoms with Crippen molar-refractivity contribution in [2.75, 3.05) is 27.2 Å². The number of hydrogen-bond acceptors (Lipinski definition) is 3. The lowest BCUT2D eigenvalue weighted by Gasteiger charge is -2.42. The molecule has 1 aromatic rings. The van der Waals surface area contributed by atoms with Gasteiger partial charge in [-0.25, -0.2) is 0 Å². The molecule has 2 rings (SSSR count). The summed E-state index contributed by atoms with van der Waals surface area (Å²) in [6.45, 7) is 5.89. The summed E-state index contributed by atoms with van der Waals surface area (Å²) in [6, 6.07) is 4.40. The van der Waals surface area contributed by atoms with E-state index in [1.165, 1.54) is 37.1 Å². The molecule has 0 amide bonds. The molecule has 2 nitrogen and oxygen atoms in total. The molecule has 2 unspecified atom stereocenters. The Labute approximate surface area is 122 Å². The monoisotopic (exact) mass is 280 g/mol. The smallest absolute Gasteiger partial charge is 0.0325 e. The molecule has 1 aliphatic carbocycles. The van der Waals surface area contributed by atoms with E-state index >= 15 is 0 Å². The molecule has 1 heterocycles. The van der Waals surface area contributed by atoms with Crippen LogP contribution in [-0.2, 0) is 6.54 Å². The van der Waals surface area contributed by atoms with Crippen molar-refractivity contribution in [2.45, 2.75) is 39.2 Å². The van der Waals surface area contributed by atoms with Crippen LogP contribution in [0.2, 0.25) is 0 Å². The maximum atomic E-state index is 3.44. The quantitative estimate of drug-likeness (QED) is 0.856. The van der Waals surface area contributed by atoms with E-state index in [-0.39, 0.29) is 0 Å². The maximum Gasteiger partial charge on any atom is 0.0325 e. The molecule has 1 aromatic heterocycles. The van der Waals surface area contributed by atoms with Gasteiger partial charge < -0.3 is 10.2 Å². The van der Waals surface area contributed by atoms with Crippen LogP contribution in [0.5, 0.6) is 0 Å². The van der Waals surface area contributed by atoms with Crippen LogP contribution in [0.4, 0.5) is 0 Å². The Morgan fingerprint density at radius 2 is 2.37 bits per heavy atom. The Morgan fingerprint density at radius 1 is 1.53 bits per heavy atom. The van der Waals surface area contributed by atoms with Crippen LogP contribution in [0.3, 0.4) is 0 Å². The number of nitrogens with zero attached hydrogens (tertiary/aromatic N) is 1. The summed E-state index contributed by atoms with van der Waals surface area (Å²) in [5, 5.41) is 5.61. The van der Waals surface area contributed by atoms with Gasteiger partial charge in [0.2, 0.25) is 0 Å². The average Bonchev–Trinajstić information content (AvgIpc) is 2.81. The van der Waals surface area contributed by atoms with Gasteiger partial charge in [0.1, 0.15) is 0 Å². The number of thiophene rings is 1. The highest BCUT2D eigenvalue weighted by atomic mass is 32.1. The standard InChI is InChI=1S/C16H28N2S/c1-14-6-4-8-16(10-14,12-17-2)13-18(3)11-15-7-5-9-19-15/h5,7,9,14,17H,4,6,8,10-13H2,1-3H3. The second-order valence-electron chi connectivity index (χ2n) is 6.48. The van der Waals surface area contributed by atoms with Gasteiger partial charge in [0.15, 0.2) is 0 Å². The molecular weight excluding hydrogens is 252 g/mol. The summed E-state index contributed by atoms with van der Waals surface area (Å²) in [5.74, 6) is 0.886. The van der Waals surface area contributed by atoms with E-state index in [1.807, 2.05) is 11.3 Å². The van der Waals surface area contributed by atoms with Crippen LogP contribution in [0.15, 0.2) is 17.5 Å². The molecule has 3 heteroatoms. The molecule has 1 saturated carbocycles. The van der Waals surface area contributed by atoms with E-state index in [1.54, 1.807) is 0 Å². The Balaban J connectivity index is 1.95. The number of rotatable bonds is 6. The van der Waals surface area contributed by atoms with E-state index in [4.69, 9.17) is 0 Å². The van der Waals surface area contributed by atoms with Gasteiger partial charge >= 0.3 is 0 Å². The highest BCUT2D eigenvalue weighted by Crippen LogP contribution is 2.39. The minimum absolute atomic E-state index is 0.485. The fourth-order valence-corrected chi connectivity index (χ4v) is 4.58. The van der Waals surface area contributed by atoms with Crippen LogP contribution >= 0.6 is 11.3 Å². The molecule has 19 heavy (non-hydrogen) atoms. The Kier molecular flexibility index (Phi) is 5.43. The van der Waals surface area contributed by atoms with E-state index in [2.05, 4.69) is 48.7 Å². The average molecular weight is 280 g/mol.